The van der Waals surface area contributed by atoms with Crippen LogP contribution < -0.4 is 0 Å². The average molecular weight is 254 g/mol. The zero-order chi connectivity index (χ0) is 13.0. The number of methoxy groups -OCH3 is 1. The Balaban J connectivity index is 1.78. The van der Waals surface area contributed by atoms with Gasteiger partial charge in [-0.2, -0.15) is 0 Å². The van der Waals surface area contributed by atoms with Gasteiger partial charge in [0.05, 0.1) is 7.11 Å². The molecular weight excluding hydrogens is 231 g/mol. The number of carbonyl (C=O) groups is 1. The van der Waals surface area contributed by atoms with Gasteiger partial charge in [0, 0.05) is 0 Å². The normalized spacial score (nSPS) is 44.7. The molecule has 1 unspecified atom stereocenters. The quantitative estimate of drug-likeness (QED) is 0.721. The predicted octanol–water partition coefficient (Wildman–Crippen LogP) is 3.49. The summed E-state index contributed by atoms with van der Waals surface area (Å²) >= 11 is 0. The van der Waals surface area contributed by atoms with Crippen LogP contribution >= 0.6 is 0 Å². The zero-order valence-corrected chi connectivity index (χ0v) is 11.4. The molecule has 0 heterocycles. The van der Waals surface area contributed by atoms with Crippen molar-refractivity contribution >= 4 is 5.97 Å². The van der Waals surface area contributed by atoms with E-state index in [0.29, 0.717) is 6.42 Å². The molecule has 4 saturated carbocycles. The van der Waals surface area contributed by atoms with Gasteiger partial charge in [-0.1, -0.05) is 0 Å². The molecule has 4 aliphatic rings. The maximum atomic E-state index is 14.5. The van der Waals surface area contributed by atoms with E-state index in [1.54, 1.807) is 0 Å². The fourth-order valence-electron chi connectivity index (χ4n) is 5.50. The Morgan fingerprint density at radius 3 is 2.06 bits per heavy atom. The minimum atomic E-state index is -1.81. The minimum Gasteiger partial charge on any atom is -0.467 e. The highest BCUT2D eigenvalue weighted by Crippen LogP contribution is 2.62. The summed E-state index contributed by atoms with van der Waals surface area (Å²) < 4.78 is 19.1. The van der Waals surface area contributed by atoms with Gasteiger partial charge >= 0.3 is 5.97 Å². The number of esters is 1. The summed E-state index contributed by atoms with van der Waals surface area (Å²) in [6.07, 6.45) is 7.82. The van der Waals surface area contributed by atoms with E-state index in [0.717, 1.165) is 37.0 Å². The van der Waals surface area contributed by atoms with Crippen molar-refractivity contribution in [1.82, 2.24) is 0 Å². The maximum Gasteiger partial charge on any atom is 0.343 e. The number of ether oxygens (including phenoxy) is 1. The monoisotopic (exact) mass is 254 g/mol. The van der Waals surface area contributed by atoms with Crippen LogP contribution in [-0.4, -0.2) is 18.7 Å². The van der Waals surface area contributed by atoms with Gasteiger partial charge in [0.15, 0.2) is 0 Å². The first-order valence-electron chi connectivity index (χ1n) is 7.20. The first-order chi connectivity index (χ1) is 8.42. The van der Waals surface area contributed by atoms with Crippen LogP contribution in [0.25, 0.3) is 0 Å². The molecule has 0 aromatic carbocycles. The number of carbonyl (C=O) groups excluding carboxylic acids is 1. The molecule has 0 radical (unpaired) electrons. The van der Waals surface area contributed by atoms with Gasteiger partial charge in [0.2, 0.25) is 5.67 Å². The summed E-state index contributed by atoms with van der Waals surface area (Å²) in [7, 11) is 1.28. The van der Waals surface area contributed by atoms with E-state index in [4.69, 9.17) is 0 Å². The highest BCUT2D eigenvalue weighted by atomic mass is 19.1. The Labute approximate surface area is 108 Å². The summed E-state index contributed by atoms with van der Waals surface area (Å²) in [5, 5.41) is 0. The van der Waals surface area contributed by atoms with Gasteiger partial charge in [-0.25, -0.2) is 9.18 Å². The van der Waals surface area contributed by atoms with Crippen molar-refractivity contribution in [3.63, 3.8) is 0 Å². The van der Waals surface area contributed by atoms with Gasteiger partial charge in [0.25, 0.3) is 0 Å². The maximum absolute atomic E-state index is 14.5. The fourth-order valence-corrected chi connectivity index (χ4v) is 5.50. The van der Waals surface area contributed by atoms with E-state index >= 15 is 0 Å². The molecule has 102 valence electrons. The Kier molecular flexibility index (Phi) is 2.73. The van der Waals surface area contributed by atoms with Gasteiger partial charge in [-0.15, -0.1) is 0 Å². The molecule has 4 aliphatic carbocycles. The number of rotatable bonds is 3. The summed E-state index contributed by atoms with van der Waals surface area (Å²) in [5.74, 6) is 1.69. The summed E-state index contributed by atoms with van der Waals surface area (Å²) in [6, 6.07) is 0. The van der Waals surface area contributed by atoms with Gasteiger partial charge < -0.3 is 4.74 Å². The second-order valence-corrected chi connectivity index (χ2v) is 7.28. The van der Waals surface area contributed by atoms with Crippen molar-refractivity contribution in [2.24, 2.45) is 23.2 Å². The third-order valence-corrected chi connectivity index (χ3v) is 5.48. The summed E-state index contributed by atoms with van der Waals surface area (Å²) in [4.78, 5) is 11.6. The van der Waals surface area contributed by atoms with Crippen molar-refractivity contribution in [3.8, 4) is 0 Å². The van der Waals surface area contributed by atoms with Crippen molar-refractivity contribution in [2.45, 2.75) is 57.5 Å². The molecule has 3 heteroatoms. The van der Waals surface area contributed by atoms with Gasteiger partial charge in [-0.3, -0.25) is 0 Å². The lowest BCUT2D eigenvalue weighted by Gasteiger charge is -2.57. The molecular formula is C15H23FO2. The van der Waals surface area contributed by atoms with Crippen LogP contribution in [0.4, 0.5) is 4.39 Å². The summed E-state index contributed by atoms with van der Waals surface area (Å²) in [5.41, 5.74) is -1.72. The van der Waals surface area contributed by atoms with Gasteiger partial charge in [0.1, 0.15) is 0 Å². The third kappa shape index (κ3) is 1.96. The Hall–Kier alpha value is -0.600. The highest BCUT2D eigenvalue weighted by molar-refractivity contribution is 5.78. The van der Waals surface area contributed by atoms with Crippen molar-refractivity contribution in [3.05, 3.63) is 0 Å². The molecule has 0 aromatic heterocycles. The lowest BCUT2D eigenvalue weighted by Crippen LogP contribution is -2.50. The van der Waals surface area contributed by atoms with E-state index in [1.165, 1.54) is 33.3 Å². The molecule has 1 atom stereocenters. The molecule has 0 saturated heterocycles. The molecule has 0 aromatic rings. The third-order valence-electron chi connectivity index (χ3n) is 5.48. The van der Waals surface area contributed by atoms with Crippen LogP contribution in [0.1, 0.15) is 51.9 Å². The molecule has 0 amide bonds. The second kappa shape index (κ2) is 3.94. The zero-order valence-electron chi connectivity index (χ0n) is 11.4. The van der Waals surface area contributed by atoms with Crippen LogP contribution in [0.15, 0.2) is 0 Å². The smallest absolute Gasteiger partial charge is 0.343 e. The SMILES string of the molecule is COC(=O)C(C)(F)CC12CC3CC(CC(C3)C1)C2. The number of halogens is 1. The van der Waals surface area contributed by atoms with Crippen LogP contribution in [0.3, 0.4) is 0 Å². The van der Waals surface area contributed by atoms with Crippen LogP contribution in [0, 0.1) is 23.2 Å². The molecule has 0 N–H and O–H groups in total. The minimum absolute atomic E-state index is 0.0897. The molecule has 4 rings (SSSR count). The predicted molar refractivity (Wildman–Crippen MR) is 66.8 cm³/mol. The lowest BCUT2D eigenvalue weighted by atomic mass is 9.48. The van der Waals surface area contributed by atoms with Crippen LogP contribution in [0.2, 0.25) is 0 Å². The Morgan fingerprint density at radius 1 is 1.22 bits per heavy atom. The van der Waals surface area contributed by atoms with E-state index in [1.807, 2.05) is 0 Å². The largest absolute Gasteiger partial charge is 0.467 e. The van der Waals surface area contributed by atoms with Crippen molar-refractivity contribution in [1.29, 1.82) is 0 Å². The lowest BCUT2D eigenvalue weighted by molar-refractivity contribution is -0.160. The number of alkyl halides is 1. The van der Waals surface area contributed by atoms with E-state index < -0.39 is 11.6 Å². The molecule has 18 heavy (non-hydrogen) atoms. The molecule has 4 fully saturated rings. The highest BCUT2D eigenvalue weighted by Gasteiger charge is 2.54. The Bertz CT molecular complexity index is 326. The fraction of sp³-hybridized carbons (Fsp3) is 0.933. The standard InChI is InChI=1S/C15H23FO2/c1-14(16,13(17)18-2)9-15-6-10-3-11(7-15)5-12(4-10)8-15/h10-12H,3-9H2,1-2H3. The van der Waals surface area contributed by atoms with Crippen LogP contribution in [-0.2, 0) is 9.53 Å². The average Bonchev–Trinajstić information content (AvgIpc) is 2.24. The van der Waals surface area contributed by atoms with E-state index in [-0.39, 0.29) is 5.41 Å². The first-order valence-corrected chi connectivity index (χ1v) is 7.20. The molecule has 2 nitrogen and oxygen atoms in total. The number of hydrogen-bond donors (Lipinski definition) is 0. The van der Waals surface area contributed by atoms with Crippen molar-refractivity contribution in [2.75, 3.05) is 7.11 Å². The Morgan fingerprint density at radius 2 is 1.67 bits per heavy atom. The van der Waals surface area contributed by atoms with Crippen molar-refractivity contribution < 1.29 is 13.9 Å². The van der Waals surface area contributed by atoms with E-state index in [9.17, 15) is 9.18 Å². The molecule has 0 aliphatic heterocycles. The van der Waals surface area contributed by atoms with E-state index in [2.05, 4.69) is 4.74 Å². The van der Waals surface area contributed by atoms with Gasteiger partial charge in [-0.05, 0) is 75.0 Å². The molecule has 0 spiro atoms. The molecule has 4 bridgehead atoms. The topological polar surface area (TPSA) is 26.3 Å². The number of hydrogen-bond acceptors (Lipinski definition) is 2. The first kappa shape index (κ1) is 12.4. The summed E-state index contributed by atoms with van der Waals surface area (Å²) in [6.45, 7) is 1.40. The second-order valence-electron chi connectivity index (χ2n) is 7.28. The van der Waals surface area contributed by atoms with Crippen LogP contribution in [0.5, 0.6) is 0 Å².